The van der Waals surface area contributed by atoms with E-state index in [2.05, 4.69) is 15.5 Å². The molecule has 0 spiro atoms. The standard InChI is InChI=1S/C18H18FN3O4S2/c19-13-3-5-15(6-4-13)28(24,25)12-16-21-18(26-22-16)8-7-17(23)20-10-9-14-2-1-11-27-14/h1-6,11H,7-10,12H2,(H,20,23). The molecule has 0 aliphatic rings. The number of thiophene rings is 1. The molecule has 0 fully saturated rings. The van der Waals surface area contributed by atoms with E-state index in [1.807, 2.05) is 17.5 Å². The fourth-order valence-electron chi connectivity index (χ4n) is 2.43. The van der Waals surface area contributed by atoms with Crippen LogP contribution in [0.5, 0.6) is 0 Å². The van der Waals surface area contributed by atoms with Gasteiger partial charge in [0, 0.05) is 24.3 Å². The second-order valence-electron chi connectivity index (χ2n) is 6.00. The molecule has 0 saturated carbocycles. The number of aromatic nitrogens is 2. The number of hydrogen-bond acceptors (Lipinski definition) is 7. The quantitative estimate of drug-likeness (QED) is 0.531. The fourth-order valence-corrected chi connectivity index (χ4v) is 4.32. The number of hydrogen-bond donors (Lipinski definition) is 1. The predicted octanol–water partition coefficient (Wildman–Crippen LogP) is 2.54. The Labute approximate surface area is 165 Å². The van der Waals surface area contributed by atoms with Gasteiger partial charge in [0.25, 0.3) is 0 Å². The largest absolute Gasteiger partial charge is 0.356 e. The van der Waals surface area contributed by atoms with Gasteiger partial charge < -0.3 is 9.84 Å². The van der Waals surface area contributed by atoms with Crippen molar-refractivity contribution in [3.63, 3.8) is 0 Å². The Hall–Kier alpha value is -2.59. The van der Waals surface area contributed by atoms with Crippen LogP contribution >= 0.6 is 11.3 Å². The molecule has 2 heterocycles. The highest BCUT2D eigenvalue weighted by Crippen LogP contribution is 2.16. The number of aryl methyl sites for hydroxylation is 1. The molecule has 0 aliphatic carbocycles. The van der Waals surface area contributed by atoms with Gasteiger partial charge in [0.1, 0.15) is 11.6 Å². The first kappa shape index (κ1) is 20.2. The second-order valence-corrected chi connectivity index (χ2v) is 9.02. The maximum atomic E-state index is 12.9. The summed E-state index contributed by atoms with van der Waals surface area (Å²) < 4.78 is 42.5. The highest BCUT2D eigenvalue weighted by Gasteiger charge is 2.19. The summed E-state index contributed by atoms with van der Waals surface area (Å²) >= 11 is 1.64. The Balaban J connectivity index is 1.47. The summed E-state index contributed by atoms with van der Waals surface area (Å²) in [5.74, 6) is -0.936. The zero-order valence-electron chi connectivity index (χ0n) is 14.8. The van der Waals surface area contributed by atoms with E-state index in [1.165, 1.54) is 17.0 Å². The molecule has 0 aliphatic heterocycles. The van der Waals surface area contributed by atoms with Crippen molar-refractivity contribution in [3.05, 3.63) is 64.2 Å². The number of amides is 1. The van der Waals surface area contributed by atoms with Crippen LogP contribution in [-0.4, -0.2) is 31.0 Å². The summed E-state index contributed by atoms with van der Waals surface area (Å²) in [5, 5.41) is 8.45. The average molecular weight is 423 g/mol. The SMILES string of the molecule is O=C(CCc1nc(CS(=O)(=O)c2ccc(F)cc2)no1)NCCc1cccs1. The molecule has 7 nitrogen and oxygen atoms in total. The van der Waals surface area contributed by atoms with Gasteiger partial charge in [-0.2, -0.15) is 4.98 Å². The van der Waals surface area contributed by atoms with Crippen molar-refractivity contribution in [1.82, 2.24) is 15.5 Å². The Morgan fingerprint density at radius 1 is 1.18 bits per heavy atom. The minimum atomic E-state index is -3.71. The van der Waals surface area contributed by atoms with Crippen LogP contribution in [0.3, 0.4) is 0 Å². The third-order valence-electron chi connectivity index (χ3n) is 3.84. The van der Waals surface area contributed by atoms with Crippen molar-refractivity contribution in [1.29, 1.82) is 0 Å². The van der Waals surface area contributed by atoms with Gasteiger partial charge in [0.05, 0.1) is 4.90 Å². The molecule has 0 radical (unpaired) electrons. The smallest absolute Gasteiger partial charge is 0.227 e. The van der Waals surface area contributed by atoms with E-state index in [4.69, 9.17) is 4.52 Å². The number of carbonyl (C=O) groups excluding carboxylic acids is 1. The first-order chi connectivity index (χ1) is 13.4. The molecule has 0 saturated heterocycles. The van der Waals surface area contributed by atoms with Crippen LogP contribution in [0.1, 0.15) is 23.0 Å². The van der Waals surface area contributed by atoms with Gasteiger partial charge in [-0.05, 0) is 42.1 Å². The van der Waals surface area contributed by atoms with Gasteiger partial charge in [-0.3, -0.25) is 4.79 Å². The van der Waals surface area contributed by atoms with E-state index >= 15 is 0 Å². The maximum absolute atomic E-state index is 12.9. The van der Waals surface area contributed by atoms with Crippen LogP contribution in [0.4, 0.5) is 4.39 Å². The molecule has 10 heteroatoms. The van der Waals surface area contributed by atoms with Crippen LogP contribution in [0.25, 0.3) is 0 Å². The molecule has 1 aromatic carbocycles. The topological polar surface area (TPSA) is 102 Å². The van der Waals surface area contributed by atoms with Crippen LogP contribution < -0.4 is 5.32 Å². The Morgan fingerprint density at radius 2 is 1.96 bits per heavy atom. The number of rotatable bonds is 9. The molecule has 2 aromatic heterocycles. The summed E-state index contributed by atoms with van der Waals surface area (Å²) in [6.07, 6.45) is 1.15. The predicted molar refractivity (Wildman–Crippen MR) is 101 cm³/mol. The van der Waals surface area contributed by atoms with E-state index in [0.717, 1.165) is 18.6 Å². The van der Waals surface area contributed by atoms with E-state index in [1.54, 1.807) is 11.3 Å². The summed E-state index contributed by atoms with van der Waals surface area (Å²) in [4.78, 5) is 17.1. The second kappa shape index (κ2) is 9.07. The first-order valence-electron chi connectivity index (χ1n) is 8.51. The minimum absolute atomic E-state index is 0.00238. The van der Waals surface area contributed by atoms with Gasteiger partial charge >= 0.3 is 0 Å². The van der Waals surface area contributed by atoms with E-state index < -0.39 is 21.4 Å². The van der Waals surface area contributed by atoms with Gasteiger partial charge in [-0.15, -0.1) is 11.3 Å². The van der Waals surface area contributed by atoms with E-state index in [0.29, 0.717) is 6.54 Å². The number of nitrogens with zero attached hydrogens (tertiary/aromatic N) is 2. The third kappa shape index (κ3) is 5.70. The van der Waals surface area contributed by atoms with Gasteiger partial charge in [0.15, 0.2) is 15.7 Å². The van der Waals surface area contributed by atoms with E-state index in [9.17, 15) is 17.6 Å². The number of sulfone groups is 1. The van der Waals surface area contributed by atoms with Crippen molar-refractivity contribution in [3.8, 4) is 0 Å². The zero-order valence-corrected chi connectivity index (χ0v) is 16.4. The summed E-state index contributed by atoms with van der Waals surface area (Å²) in [7, 11) is -3.71. The molecule has 0 atom stereocenters. The molecule has 1 amide bonds. The molecular weight excluding hydrogens is 405 g/mol. The van der Waals surface area contributed by atoms with Crippen molar-refractivity contribution in [2.24, 2.45) is 0 Å². The summed E-state index contributed by atoms with van der Waals surface area (Å²) in [6.45, 7) is 0.546. The number of halogens is 1. The Morgan fingerprint density at radius 3 is 2.68 bits per heavy atom. The van der Waals surface area contributed by atoms with Crippen molar-refractivity contribution in [2.45, 2.75) is 29.9 Å². The lowest BCUT2D eigenvalue weighted by Gasteiger charge is -2.02. The molecule has 148 valence electrons. The summed E-state index contributed by atoms with van der Waals surface area (Å²) in [6, 6.07) is 8.50. The fraction of sp³-hybridized carbons (Fsp3) is 0.278. The molecular formula is C18H18FN3O4S2. The number of benzene rings is 1. The summed E-state index contributed by atoms with van der Waals surface area (Å²) in [5.41, 5.74) is 0. The molecule has 1 N–H and O–H groups in total. The lowest BCUT2D eigenvalue weighted by Crippen LogP contribution is -2.25. The van der Waals surface area contributed by atoms with Crippen molar-refractivity contribution in [2.75, 3.05) is 6.54 Å². The maximum Gasteiger partial charge on any atom is 0.227 e. The Kier molecular flexibility index (Phi) is 6.53. The van der Waals surface area contributed by atoms with Gasteiger partial charge in [0.2, 0.25) is 11.8 Å². The third-order valence-corrected chi connectivity index (χ3v) is 6.41. The monoisotopic (exact) mass is 423 g/mol. The van der Waals surface area contributed by atoms with Crippen molar-refractivity contribution < 1.29 is 22.1 Å². The molecule has 3 aromatic rings. The Bertz CT molecular complexity index is 1020. The highest BCUT2D eigenvalue weighted by molar-refractivity contribution is 7.90. The van der Waals surface area contributed by atoms with Gasteiger partial charge in [-0.25, -0.2) is 12.8 Å². The molecule has 28 heavy (non-hydrogen) atoms. The van der Waals surface area contributed by atoms with Gasteiger partial charge in [-0.1, -0.05) is 11.2 Å². The lowest BCUT2D eigenvalue weighted by molar-refractivity contribution is -0.121. The average Bonchev–Trinajstić information content (AvgIpc) is 3.32. The van der Waals surface area contributed by atoms with Crippen LogP contribution in [0.15, 0.2) is 51.2 Å². The minimum Gasteiger partial charge on any atom is -0.356 e. The molecule has 0 unspecified atom stereocenters. The highest BCUT2D eigenvalue weighted by atomic mass is 32.2. The van der Waals surface area contributed by atoms with E-state index in [-0.39, 0.29) is 35.4 Å². The zero-order chi connectivity index (χ0) is 20.0. The number of nitrogens with one attached hydrogen (secondary N) is 1. The molecule has 0 bridgehead atoms. The van der Waals surface area contributed by atoms with Crippen molar-refractivity contribution >= 4 is 27.1 Å². The number of carbonyl (C=O) groups is 1. The van der Waals surface area contributed by atoms with Crippen LogP contribution in [-0.2, 0) is 33.2 Å². The van der Waals surface area contributed by atoms with Crippen LogP contribution in [0.2, 0.25) is 0 Å². The normalized spacial score (nSPS) is 11.5. The lowest BCUT2D eigenvalue weighted by atomic mass is 10.3. The molecule has 3 rings (SSSR count). The van der Waals surface area contributed by atoms with Crippen LogP contribution in [0, 0.1) is 5.82 Å². The first-order valence-corrected chi connectivity index (χ1v) is 11.0.